The number of halogens is 1. The highest BCUT2D eigenvalue weighted by molar-refractivity contribution is 8.15. The van der Waals surface area contributed by atoms with Crippen molar-refractivity contribution in [2.75, 3.05) is 5.32 Å². The molecule has 2 aromatic rings. The summed E-state index contributed by atoms with van der Waals surface area (Å²) in [7, 11) is 1.40. The summed E-state index contributed by atoms with van der Waals surface area (Å²) in [5, 5.41) is 2.63. The van der Waals surface area contributed by atoms with Crippen molar-refractivity contribution in [2.24, 2.45) is 0 Å². The zero-order valence-corrected chi connectivity index (χ0v) is 12.0. The molecular formula is C10H8ClN3O3S2. The minimum atomic E-state index is -3.85. The number of hydrogen-bond donors (Lipinski definition) is 1. The summed E-state index contributed by atoms with van der Waals surface area (Å²) in [5.74, 6) is -0.465. The summed E-state index contributed by atoms with van der Waals surface area (Å²) < 4.78 is 22.4. The summed E-state index contributed by atoms with van der Waals surface area (Å²) in [4.78, 5) is 19.6. The number of amides is 1. The van der Waals surface area contributed by atoms with E-state index in [0.717, 1.165) is 11.3 Å². The van der Waals surface area contributed by atoms with Crippen LogP contribution in [0.25, 0.3) is 0 Å². The zero-order chi connectivity index (χ0) is 14.0. The molecule has 100 valence electrons. The van der Waals surface area contributed by atoms with Gasteiger partial charge in [0, 0.05) is 16.9 Å². The van der Waals surface area contributed by atoms with Gasteiger partial charge in [-0.05, 0) is 19.1 Å². The van der Waals surface area contributed by atoms with Gasteiger partial charge in [0.25, 0.3) is 15.0 Å². The van der Waals surface area contributed by atoms with E-state index in [0.29, 0.717) is 0 Å². The number of nitrogens with zero attached hydrogens (tertiary/aromatic N) is 2. The summed E-state index contributed by atoms with van der Waals surface area (Å²) in [6, 6.07) is 4.89. The van der Waals surface area contributed by atoms with Crippen LogP contribution in [0.4, 0.5) is 5.13 Å². The maximum Gasteiger partial charge on any atom is 0.276 e. The van der Waals surface area contributed by atoms with Gasteiger partial charge in [-0.3, -0.25) is 15.1 Å². The highest BCUT2D eigenvalue weighted by Gasteiger charge is 2.20. The van der Waals surface area contributed by atoms with Crippen LogP contribution in [0.1, 0.15) is 16.2 Å². The lowest BCUT2D eigenvalue weighted by Gasteiger charge is -1.99. The Kier molecular flexibility index (Phi) is 3.83. The summed E-state index contributed by atoms with van der Waals surface area (Å²) in [5.41, 5.74) is 0.460. The van der Waals surface area contributed by atoms with E-state index in [4.69, 9.17) is 10.7 Å². The number of hydrogen-bond acceptors (Lipinski definition) is 6. The fourth-order valence-corrected chi connectivity index (χ4v) is 3.67. The van der Waals surface area contributed by atoms with Crippen molar-refractivity contribution in [1.29, 1.82) is 0 Å². The molecule has 0 aliphatic carbocycles. The molecule has 0 aromatic carbocycles. The molecule has 9 heteroatoms. The number of carbonyl (C=O) groups is 1. The average Bonchev–Trinajstić information content (AvgIpc) is 2.71. The Labute approximate surface area is 117 Å². The Bertz CT molecular complexity index is 713. The van der Waals surface area contributed by atoms with Crippen LogP contribution in [0.3, 0.4) is 0 Å². The van der Waals surface area contributed by atoms with E-state index in [9.17, 15) is 13.2 Å². The van der Waals surface area contributed by atoms with E-state index >= 15 is 0 Å². The Morgan fingerprint density at radius 2 is 2.16 bits per heavy atom. The van der Waals surface area contributed by atoms with Gasteiger partial charge in [-0.25, -0.2) is 13.4 Å². The van der Waals surface area contributed by atoms with Crippen LogP contribution in [0.15, 0.2) is 28.6 Å². The monoisotopic (exact) mass is 317 g/mol. The maximum atomic E-state index is 11.8. The minimum absolute atomic E-state index is 0.0783. The van der Waals surface area contributed by atoms with Gasteiger partial charge in [0.15, 0.2) is 9.34 Å². The van der Waals surface area contributed by atoms with E-state index in [1.54, 1.807) is 12.1 Å². The summed E-state index contributed by atoms with van der Waals surface area (Å²) in [6.07, 6.45) is 1.48. The van der Waals surface area contributed by atoms with E-state index in [1.165, 1.54) is 19.2 Å². The molecule has 1 amide bonds. The number of nitrogens with one attached hydrogen (secondary N) is 1. The Morgan fingerprint density at radius 3 is 2.68 bits per heavy atom. The Hall–Kier alpha value is -1.51. The Morgan fingerprint density at radius 1 is 1.42 bits per heavy atom. The largest absolute Gasteiger partial charge is 0.296 e. The number of rotatable bonds is 3. The first-order valence-electron chi connectivity index (χ1n) is 5.02. The molecule has 0 aliphatic heterocycles. The van der Waals surface area contributed by atoms with Gasteiger partial charge in [0.2, 0.25) is 0 Å². The maximum absolute atomic E-state index is 11.8. The first-order valence-corrected chi connectivity index (χ1v) is 8.15. The van der Waals surface area contributed by atoms with Crippen molar-refractivity contribution in [3.05, 3.63) is 35.8 Å². The lowest BCUT2D eigenvalue weighted by molar-refractivity contribution is 0.102. The van der Waals surface area contributed by atoms with E-state index in [1.807, 2.05) is 0 Å². The highest BCUT2D eigenvalue weighted by Crippen LogP contribution is 2.29. The number of pyridine rings is 1. The third kappa shape index (κ3) is 3.28. The topological polar surface area (TPSA) is 89.0 Å². The average molecular weight is 318 g/mol. The number of carbonyl (C=O) groups excluding carboxylic acids is 1. The fraction of sp³-hybridized carbons (Fsp3) is 0.100. The number of aryl methyl sites for hydroxylation is 1. The van der Waals surface area contributed by atoms with Crippen molar-refractivity contribution in [3.8, 4) is 0 Å². The molecule has 6 nitrogen and oxygen atoms in total. The van der Waals surface area contributed by atoms with E-state index < -0.39 is 15.0 Å². The highest BCUT2D eigenvalue weighted by atomic mass is 35.7. The van der Waals surface area contributed by atoms with Crippen molar-refractivity contribution in [1.82, 2.24) is 9.97 Å². The second-order valence-corrected chi connectivity index (χ2v) is 7.26. The molecule has 2 rings (SSSR count). The molecule has 0 radical (unpaired) electrons. The van der Waals surface area contributed by atoms with Crippen LogP contribution < -0.4 is 5.32 Å². The molecule has 0 atom stereocenters. The molecule has 1 N–H and O–H groups in total. The van der Waals surface area contributed by atoms with Crippen molar-refractivity contribution < 1.29 is 13.2 Å². The normalized spacial score (nSPS) is 11.3. The van der Waals surface area contributed by atoms with Crippen molar-refractivity contribution in [2.45, 2.75) is 11.1 Å². The predicted molar refractivity (Wildman–Crippen MR) is 72.1 cm³/mol. The van der Waals surface area contributed by atoms with Gasteiger partial charge in [-0.2, -0.15) is 0 Å². The second kappa shape index (κ2) is 5.24. The lowest BCUT2D eigenvalue weighted by Crippen LogP contribution is -2.13. The van der Waals surface area contributed by atoms with Gasteiger partial charge in [-0.15, -0.1) is 0 Å². The van der Waals surface area contributed by atoms with Gasteiger partial charge < -0.3 is 0 Å². The second-order valence-electron chi connectivity index (χ2n) is 3.50. The van der Waals surface area contributed by atoms with Crippen molar-refractivity contribution >= 4 is 42.1 Å². The third-order valence-electron chi connectivity index (χ3n) is 2.09. The summed E-state index contributed by atoms with van der Waals surface area (Å²) in [6.45, 7) is 1.50. The molecule has 0 bridgehead atoms. The van der Waals surface area contributed by atoms with Gasteiger partial charge >= 0.3 is 0 Å². The molecule has 0 saturated carbocycles. The van der Waals surface area contributed by atoms with Crippen LogP contribution in [-0.2, 0) is 9.05 Å². The standard InChI is InChI=1S/C10H8ClN3O3S2/c1-6-9(19(11,16)17)18-10(13-6)14-8(15)7-4-2-3-5-12-7/h2-5H,1H3,(H,13,14,15). The number of thiazole rings is 1. The number of anilines is 1. The minimum Gasteiger partial charge on any atom is -0.296 e. The van der Waals surface area contributed by atoms with Crippen LogP contribution in [0.5, 0.6) is 0 Å². The first-order chi connectivity index (χ1) is 8.88. The quantitative estimate of drug-likeness (QED) is 0.875. The number of aromatic nitrogens is 2. The Balaban J connectivity index is 2.24. The molecule has 0 saturated heterocycles. The smallest absolute Gasteiger partial charge is 0.276 e. The van der Waals surface area contributed by atoms with Crippen LogP contribution >= 0.6 is 22.0 Å². The fourth-order valence-electron chi connectivity index (χ4n) is 1.32. The van der Waals surface area contributed by atoms with Crippen LogP contribution in [0, 0.1) is 6.92 Å². The molecule has 0 spiro atoms. The molecule has 2 aromatic heterocycles. The SMILES string of the molecule is Cc1nc(NC(=O)c2ccccn2)sc1S(=O)(=O)Cl. The molecule has 19 heavy (non-hydrogen) atoms. The third-order valence-corrected chi connectivity index (χ3v) is 5.34. The molecule has 0 aliphatic rings. The van der Waals surface area contributed by atoms with Crippen molar-refractivity contribution in [3.63, 3.8) is 0 Å². The van der Waals surface area contributed by atoms with Crippen LogP contribution in [0.2, 0.25) is 0 Å². The lowest BCUT2D eigenvalue weighted by atomic mass is 10.3. The van der Waals surface area contributed by atoms with Crippen LogP contribution in [-0.4, -0.2) is 24.3 Å². The first kappa shape index (κ1) is 13.9. The van der Waals surface area contributed by atoms with E-state index in [-0.39, 0.29) is 20.7 Å². The molecule has 0 unspecified atom stereocenters. The van der Waals surface area contributed by atoms with Gasteiger partial charge in [0.05, 0.1) is 5.69 Å². The van der Waals surface area contributed by atoms with Gasteiger partial charge in [-0.1, -0.05) is 17.4 Å². The van der Waals surface area contributed by atoms with E-state index in [2.05, 4.69) is 15.3 Å². The molecule has 0 fully saturated rings. The molecular weight excluding hydrogens is 310 g/mol. The molecule has 2 heterocycles. The summed E-state index contributed by atoms with van der Waals surface area (Å²) >= 11 is 0.799. The predicted octanol–water partition coefficient (Wildman–Crippen LogP) is 2.03. The van der Waals surface area contributed by atoms with Gasteiger partial charge in [0.1, 0.15) is 5.69 Å². The zero-order valence-electron chi connectivity index (χ0n) is 9.62.